The highest BCUT2D eigenvalue weighted by Crippen LogP contribution is 2.38. The average Bonchev–Trinajstić information content (AvgIpc) is 3.19. The summed E-state index contributed by atoms with van der Waals surface area (Å²) in [4.78, 5) is 18.1. The van der Waals surface area contributed by atoms with E-state index in [0.29, 0.717) is 35.4 Å². The van der Waals surface area contributed by atoms with Gasteiger partial charge in [-0.1, -0.05) is 5.16 Å². The highest BCUT2D eigenvalue weighted by Gasteiger charge is 2.29. The first-order valence-electron chi connectivity index (χ1n) is 6.51. The third-order valence-corrected chi connectivity index (χ3v) is 3.16. The van der Waals surface area contributed by atoms with Gasteiger partial charge in [-0.15, -0.1) is 0 Å². The van der Waals surface area contributed by atoms with E-state index >= 15 is 0 Å². The van der Waals surface area contributed by atoms with E-state index in [-0.39, 0.29) is 5.91 Å². The van der Waals surface area contributed by atoms with Crippen molar-refractivity contribution in [1.82, 2.24) is 25.2 Å². The molecule has 0 atom stereocenters. The van der Waals surface area contributed by atoms with Crippen LogP contribution < -0.4 is 0 Å². The maximum atomic E-state index is 12.2. The van der Waals surface area contributed by atoms with Crippen molar-refractivity contribution in [3.8, 4) is 0 Å². The minimum absolute atomic E-state index is 0.138. The highest BCUT2D eigenvalue weighted by atomic mass is 16.5. The number of hydrogen-bond donors (Lipinski definition) is 0. The van der Waals surface area contributed by atoms with Crippen LogP contribution in [0.3, 0.4) is 0 Å². The van der Waals surface area contributed by atoms with Crippen molar-refractivity contribution in [2.75, 3.05) is 7.05 Å². The summed E-state index contributed by atoms with van der Waals surface area (Å²) in [5.41, 5.74) is 1.21. The molecule has 1 aliphatic carbocycles. The quantitative estimate of drug-likeness (QED) is 0.835. The Bertz CT molecular complexity index is 635. The van der Waals surface area contributed by atoms with Crippen molar-refractivity contribution >= 4 is 5.91 Å². The van der Waals surface area contributed by atoms with E-state index in [9.17, 15) is 4.79 Å². The number of hydrogen-bond acceptors (Lipinski definition) is 6. The molecule has 0 N–H and O–H groups in total. The molecule has 1 amide bonds. The minimum Gasteiger partial charge on any atom is -0.339 e. The number of carbonyl (C=O) groups excluding carboxylic acids is 1. The highest BCUT2D eigenvalue weighted by molar-refractivity contribution is 5.93. The van der Waals surface area contributed by atoms with Crippen LogP contribution in [0.25, 0.3) is 0 Å². The molecule has 0 bridgehead atoms. The van der Waals surface area contributed by atoms with Gasteiger partial charge in [0.2, 0.25) is 5.89 Å². The minimum atomic E-state index is -0.138. The lowest BCUT2D eigenvalue weighted by Gasteiger charge is -2.14. The zero-order valence-electron chi connectivity index (χ0n) is 11.4. The molecule has 2 aromatic rings. The van der Waals surface area contributed by atoms with Crippen LogP contribution in [0.2, 0.25) is 0 Å². The fourth-order valence-electron chi connectivity index (χ4n) is 1.92. The third kappa shape index (κ3) is 2.66. The molecule has 0 saturated heterocycles. The molecule has 3 rings (SSSR count). The molecule has 0 radical (unpaired) electrons. The molecular weight excluding hydrogens is 258 g/mol. The van der Waals surface area contributed by atoms with Crippen molar-refractivity contribution in [3.05, 3.63) is 35.2 Å². The molecule has 7 heteroatoms. The molecule has 0 unspecified atom stereocenters. The molecule has 20 heavy (non-hydrogen) atoms. The summed E-state index contributed by atoms with van der Waals surface area (Å²) in [7, 11) is 1.70. The van der Waals surface area contributed by atoms with E-state index in [2.05, 4.69) is 20.3 Å². The Balaban J connectivity index is 1.68. The molecule has 0 spiro atoms. The average molecular weight is 273 g/mol. The summed E-state index contributed by atoms with van der Waals surface area (Å²) >= 11 is 0. The number of amides is 1. The fourth-order valence-corrected chi connectivity index (χ4v) is 1.92. The van der Waals surface area contributed by atoms with E-state index in [1.54, 1.807) is 20.0 Å². The molecular formula is C13H15N5O2. The van der Waals surface area contributed by atoms with E-state index in [4.69, 9.17) is 4.52 Å². The SMILES string of the molecule is Cc1cc(C(=O)N(C)Cc2noc(C3CC3)n2)cnn1. The molecule has 2 aromatic heterocycles. The van der Waals surface area contributed by atoms with Crippen LogP contribution >= 0.6 is 0 Å². The molecule has 0 aromatic carbocycles. The predicted molar refractivity (Wildman–Crippen MR) is 68.8 cm³/mol. The lowest BCUT2D eigenvalue weighted by Crippen LogP contribution is -2.27. The van der Waals surface area contributed by atoms with Crippen molar-refractivity contribution in [2.45, 2.75) is 32.2 Å². The predicted octanol–water partition coefficient (Wildman–Crippen LogP) is 1.32. The van der Waals surface area contributed by atoms with Crippen LogP contribution in [0.15, 0.2) is 16.8 Å². The second-order valence-corrected chi connectivity index (χ2v) is 5.07. The van der Waals surface area contributed by atoms with Crippen molar-refractivity contribution in [3.63, 3.8) is 0 Å². The zero-order chi connectivity index (χ0) is 14.1. The van der Waals surface area contributed by atoms with Gasteiger partial charge < -0.3 is 9.42 Å². The van der Waals surface area contributed by atoms with E-state index in [0.717, 1.165) is 12.8 Å². The van der Waals surface area contributed by atoms with Gasteiger partial charge in [-0.25, -0.2) is 0 Å². The number of rotatable bonds is 4. The molecule has 104 valence electrons. The Morgan fingerprint density at radius 2 is 2.30 bits per heavy atom. The van der Waals surface area contributed by atoms with E-state index in [1.807, 2.05) is 0 Å². The Morgan fingerprint density at radius 3 is 3.00 bits per heavy atom. The topological polar surface area (TPSA) is 85.0 Å². The van der Waals surface area contributed by atoms with Crippen LogP contribution in [0.4, 0.5) is 0 Å². The first-order valence-corrected chi connectivity index (χ1v) is 6.51. The van der Waals surface area contributed by atoms with E-state index < -0.39 is 0 Å². The molecule has 0 aliphatic heterocycles. The molecule has 7 nitrogen and oxygen atoms in total. The van der Waals surface area contributed by atoms with Crippen LogP contribution in [-0.4, -0.2) is 38.2 Å². The molecule has 2 heterocycles. The normalized spacial score (nSPS) is 14.3. The van der Waals surface area contributed by atoms with Gasteiger partial charge in [0.25, 0.3) is 5.91 Å². The standard InChI is InChI=1S/C13H15N5O2/c1-8-5-10(6-14-16-8)13(19)18(2)7-11-15-12(20-17-11)9-3-4-9/h5-6,9H,3-4,7H2,1-2H3. The van der Waals surface area contributed by atoms with Gasteiger partial charge in [0.05, 0.1) is 24.0 Å². The van der Waals surface area contributed by atoms with Crippen molar-refractivity contribution < 1.29 is 9.32 Å². The lowest BCUT2D eigenvalue weighted by atomic mass is 10.2. The number of nitrogens with zero attached hydrogens (tertiary/aromatic N) is 5. The summed E-state index contributed by atoms with van der Waals surface area (Å²) in [5.74, 6) is 1.49. The van der Waals surface area contributed by atoms with E-state index in [1.165, 1.54) is 11.1 Å². The first kappa shape index (κ1) is 12.7. The molecule has 1 aliphatic rings. The maximum absolute atomic E-state index is 12.2. The summed E-state index contributed by atoms with van der Waals surface area (Å²) in [6.45, 7) is 2.11. The summed E-state index contributed by atoms with van der Waals surface area (Å²) in [6, 6.07) is 1.71. The van der Waals surface area contributed by atoms with Crippen molar-refractivity contribution in [1.29, 1.82) is 0 Å². The van der Waals surface area contributed by atoms with Gasteiger partial charge in [-0.2, -0.15) is 15.2 Å². The van der Waals surface area contributed by atoms with Gasteiger partial charge in [0.1, 0.15) is 0 Å². The van der Waals surface area contributed by atoms with Crippen LogP contribution in [-0.2, 0) is 6.54 Å². The monoisotopic (exact) mass is 273 g/mol. The smallest absolute Gasteiger partial charge is 0.255 e. The largest absolute Gasteiger partial charge is 0.339 e. The Morgan fingerprint density at radius 1 is 1.50 bits per heavy atom. The van der Waals surface area contributed by atoms with Gasteiger partial charge in [0, 0.05) is 13.0 Å². The number of aryl methyl sites for hydroxylation is 1. The molecule has 1 fully saturated rings. The third-order valence-electron chi connectivity index (χ3n) is 3.16. The Hall–Kier alpha value is -2.31. The first-order chi connectivity index (χ1) is 9.63. The molecule has 1 saturated carbocycles. The second kappa shape index (κ2) is 4.99. The second-order valence-electron chi connectivity index (χ2n) is 5.07. The van der Waals surface area contributed by atoms with Crippen LogP contribution in [0.5, 0.6) is 0 Å². The lowest BCUT2D eigenvalue weighted by molar-refractivity contribution is 0.0780. The summed E-state index contributed by atoms with van der Waals surface area (Å²) in [6.07, 6.45) is 3.68. The fraction of sp³-hybridized carbons (Fsp3) is 0.462. The Kier molecular flexibility index (Phi) is 3.17. The Labute approximate surface area is 116 Å². The summed E-state index contributed by atoms with van der Waals surface area (Å²) < 4.78 is 5.17. The number of carbonyl (C=O) groups is 1. The van der Waals surface area contributed by atoms with Gasteiger partial charge >= 0.3 is 0 Å². The van der Waals surface area contributed by atoms with Gasteiger partial charge in [0.15, 0.2) is 5.82 Å². The van der Waals surface area contributed by atoms with Gasteiger partial charge in [-0.3, -0.25) is 4.79 Å². The van der Waals surface area contributed by atoms with Crippen molar-refractivity contribution in [2.24, 2.45) is 0 Å². The number of aromatic nitrogens is 4. The van der Waals surface area contributed by atoms with Crippen LogP contribution in [0, 0.1) is 6.92 Å². The zero-order valence-corrected chi connectivity index (χ0v) is 11.4. The summed E-state index contributed by atoms with van der Waals surface area (Å²) in [5, 5.41) is 11.5. The van der Waals surface area contributed by atoms with Gasteiger partial charge in [-0.05, 0) is 25.8 Å². The van der Waals surface area contributed by atoms with Crippen LogP contribution in [0.1, 0.15) is 46.5 Å². The maximum Gasteiger partial charge on any atom is 0.255 e.